The van der Waals surface area contributed by atoms with Gasteiger partial charge in [-0.1, -0.05) is 194 Å². The van der Waals surface area contributed by atoms with Gasteiger partial charge in [-0.25, -0.2) is 4.85 Å². The Balaban J connectivity index is 1.12. The topological polar surface area (TPSA) is 51.1 Å². The van der Waals surface area contributed by atoms with E-state index < -0.39 is 0 Å². The molecule has 374 valence electrons. The number of fused-ring (bicyclic) bond motifs is 17. The summed E-state index contributed by atoms with van der Waals surface area (Å²) < 4.78 is 15.8. The highest BCUT2D eigenvalue weighted by Gasteiger charge is 2.34. The van der Waals surface area contributed by atoms with E-state index in [-0.39, 0.29) is 0 Å². The van der Waals surface area contributed by atoms with Crippen LogP contribution in [0.25, 0.3) is 167 Å². The molecule has 5 aromatic heterocycles. The number of nitrogens with zero attached hydrogens (tertiary/aromatic N) is 4. The maximum atomic E-state index is 12.4. The molecule has 5 heterocycles. The first kappa shape index (κ1) is 45.5. The summed E-state index contributed by atoms with van der Waals surface area (Å²) in [6, 6.07) is 88.5. The van der Waals surface area contributed by atoms with Gasteiger partial charge in [-0.3, -0.25) is 0 Å². The van der Waals surface area contributed by atoms with Crippen molar-refractivity contribution in [2.45, 2.75) is 0 Å². The van der Waals surface area contributed by atoms with E-state index in [2.05, 4.69) is 214 Å². The molecule has 0 spiro atoms. The molecule has 5 nitrogen and oxygen atoms in total. The molecule has 0 atom stereocenters. The van der Waals surface area contributed by atoms with Crippen LogP contribution in [0.2, 0.25) is 0 Å². The zero-order valence-corrected chi connectivity index (χ0v) is 44.7. The number of rotatable bonds is 6. The van der Waals surface area contributed by atoms with E-state index in [0.29, 0.717) is 22.5 Å². The summed E-state index contributed by atoms with van der Waals surface area (Å²) in [5.41, 5.74) is 15.3. The fourth-order valence-electron chi connectivity index (χ4n) is 13.2. The minimum atomic E-state index is 0.394. The van der Waals surface area contributed by atoms with Gasteiger partial charge in [0.2, 0.25) is 5.69 Å². The number of benzene rings is 12. The van der Waals surface area contributed by atoms with Gasteiger partial charge in [0, 0.05) is 74.4 Å². The molecule has 0 unspecified atom stereocenters. The lowest BCUT2D eigenvalue weighted by molar-refractivity contribution is 0.669. The molecule has 0 fully saturated rings. The smallest absolute Gasteiger partial charge is 0.220 e. The SMILES string of the molecule is [C-]#[N+]c1c(-c2ccccc2)c(C#N)c(-n2c3c(ccc4c5ccccc5sc43)c3cc(-c4ccccc4)c4c5ccccc5sc4c32)c(-c2ccccc2)c1-n1c2ccccc2c2c(-c3ccc4oc5ccccc5c4c3)cccc21. The van der Waals surface area contributed by atoms with Gasteiger partial charge in [0.05, 0.1) is 55.0 Å². The van der Waals surface area contributed by atoms with E-state index in [1.165, 1.54) is 25.6 Å². The van der Waals surface area contributed by atoms with Crippen LogP contribution in [0.3, 0.4) is 0 Å². The van der Waals surface area contributed by atoms with Crippen molar-refractivity contribution in [1.82, 2.24) is 9.13 Å². The molecule has 0 radical (unpaired) electrons. The van der Waals surface area contributed by atoms with Crippen molar-refractivity contribution < 1.29 is 4.42 Å². The number of thiophene rings is 2. The monoisotopic (exact) mass is 1060 g/mol. The third-order valence-corrected chi connectivity index (χ3v) is 18.9. The summed E-state index contributed by atoms with van der Waals surface area (Å²) in [4.78, 5) is 4.66. The predicted octanol–water partition coefficient (Wildman–Crippen LogP) is 21.6. The fourth-order valence-corrected chi connectivity index (χ4v) is 15.7. The second-order valence-corrected chi connectivity index (χ2v) is 22.9. The highest BCUT2D eigenvalue weighted by Crippen LogP contribution is 2.56. The van der Waals surface area contributed by atoms with Crippen LogP contribution < -0.4 is 0 Å². The van der Waals surface area contributed by atoms with Crippen molar-refractivity contribution in [1.29, 1.82) is 5.26 Å². The minimum absolute atomic E-state index is 0.394. The number of hydrogen-bond donors (Lipinski definition) is 0. The van der Waals surface area contributed by atoms with Crippen LogP contribution in [-0.4, -0.2) is 9.13 Å². The van der Waals surface area contributed by atoms with Crippen molar-refractivity contribution in [3.63, 3.8) is 0 Å². The van der Waals surface area contributed by atoms with Crippen LogP contribution in [0.15, 0.2) is 247 Å². The van der Waals surface area contributed by atoms with E-state index in [4.69, 9.17) is 4.42 Å². The van der Waals surface area contributed by atoms with Crippen molar-refractivity contribution in [2.75, 3.05) is 0 Å². The first-order valence-electron chi connectivity index (χ1n) is 27.0. The highest BCUT2D eigenvalue weighted by atomic mass is 32.1. The average molecular weight is 1070 g/mol. The minimum Gasteiger partial charge on any atom is -0.456 e. The first-order valence-corrected chi connectivity index (χ1v) is 28.6. The molecule has 7 heteroatoms. The van der Waals surface area contributed by atoms with E-state index >= 15 is 0 Å². The number of furan rings is 1. The number of aromatic nitrogens is 2. The normalized spacial score (nSPS) is 11.9. The van der Waals surface area contributed by atoms with Crippen LogP contribution in [0.5, 0.6) is 0 Å². The summed E-state index contributed by atoms with van der Waals surface area (Å²) >= 11 is 3.60. The third kappa shape index (κ3) is 6.45. The highest BCUT2D eigenvalue weighted by molar-refractivity contribution is 7.27. The zero-order valence-electron chi connectivity index (χ0n) is 43.1. The molecule has 0 aliphatic rings. The fraction of sp³-hybridized carbons (Fsp3) is 0. The molecule has 12 aromatic carbocycles. The van der Waals surface area contributed by atoms with Gasteiger partial charge in [0.1, 0.15) is 17.2 Å². The predicted molar refractivity (Wildman–Crippen MR) is 341 cm³/mol. The van der Waals surface area contributed by atoms with Gasteiger partial charge >= 0.3 is 0 Å². The lowest BCUT2D eigenvalue weighted by Gasteiger charge is -2.26. The molecule has 17 aromatic rings. The molecular formula is C74H40N4OS2. The molecule has 0 bridgehead atoms. The first-order chi connectivity index (χ1) is 40.1. The quantitative estimate of drug-likeness (QED) is 0.156. The molecule has 0 saturated heterocycles. The van der Waals surface area contributed by atoms with Gasteiger partial charge in [-0.05, 0) is 81.9 Å². The Labute approximate surface area is 471 Å². The van der Waals surface area contributed by atoms with Crippen molar-refractivity contribution in [3.8, 4) is 62.0 Å². The largest absolute Gasteiger partial charge is 0.456 e. The van der Waals surface area contributed by atoms with Crippen molar-refractivity contribution >= 4 is 134 Å². The van der Waals surface area contributed by atoms with Gasteiger partial charge in [-0.2, -0.15) is 5.26 Å². The van der Waals surface area contributed by atoms with Crippen LogP contribution in [0.1, 0.15) is 5.56 Å². The van der Waals surface area contributed by atoms with Gasteiger partial charge in [-0.15, -0.1) is 22.7 Å². The second kappa shape index (κ2) is 17.5. The van der Waals surface area contributed by atoms with Crippen molar-refractivity contribution in [2.24, 2.45) is 0 Å². The summed E-state index contributed by atoms with van der Waals surface area (Å²) in [6.45, 7) is 9.57. The molecule has 81 heavy (non-hydrogen) atoms. The van der Waals surface area contributed by atoms with Gasteiger partial charge in [0.15, 0.2) is 0 Å². The Morgan fingerprint density at radius 3 is 1.74 bits per heavy atom. The van der Waals surface area contributed by atoms with E-state index in [9.17, 15) is 11.8 Å². The lowest BCUT2D eigenvalue weighted by Crippen LogP contribution is -2.09. The molecule has 0 N–H and O–H groups in total. The zero-order chi connectivity index (χ0) is 53.4. The molecule has 0 aliphatic heterocycles. The van der Waals surface area contributed by atoms with Crippen molar-refractivity contribution in [3.05, 3.63) is 260 Å². The Morgan fingerprint density at radius 1 is 0.395 bits per heavy atom. The number of para-hydroxylation sites is 2. The maximum Gasteiger partial charge on any atom is 0.220 e. The maximum absolute atomic E-state index is 12.4. The van der Waals surface area contributed by atoms with Crippen LogP contribution >= 0.6 is 22.7 Å². The molecule has 0 aliphatic carbocycles. The summed E-state index contributed by atoms with van der Waals surface area (Å²) in [6.07, 6.45) is 0. The molecular weight excluding hydrogens is 1020 g/mol. The van der Waals surface area contributed by atoms with Crippen LogP contribution in [-0.2, 0) is 0 Å². The van der Waals surface area contributed by atoms with E-state index in [1.54, 1.807) is 22.7 Å². The Morgan fingerprint density at radius 2 is 0.988 bits per heavy atom. The van der Waals surface area contributed by atoms with E-state index in [1.807, 2.05) is 48.5 Å². The lowest BCUT2D eigenvalue weighted by atomic mass is 9.88. The summed E-state index contributed by atoms with van der Waals surface area (Å²) in [5.74, 6) is 0. The Bertz CT molecular complexity index is 5610. The second-order valence-electron chi connectivity index (χ2n) is 20.7. The average Bonchev–Trinajstić information content (AvgIpc) is 4.51. The van der Waals surface area contributed by atoms with E-state index in [0.717, 1.165) is 125 Å². The molecule has 0 saturated carbocycles. The van der Waals surface area contributed by atoms with Crippen LogP contribution in [0, 0.1) is 17.9 Å². The summed E-state index contributed by atoms with van der Waals surface area (Å²) in [5, 5.41) is 23.5. The number of nitriles is 1. The summed E-state index contributed by atoms with van der Waals surface area (Å²) in [7, 11) is 0. The Kier molecular flexibility index (Phi) is 9.82. The third-order valence-electron chi connectivity index (χ3n) is 16.6. The number of hydrogen-bond acceptors (Lipinski definition) is 4. The molecule has 0 amide bonds. The van der Waals surface area contributed by atoms with Gasteiger partial charge in [0.25, 0.3) is 0 Å². The van der Waals surface area contributed by atoms with Crippen LogP contribution in [0.4, 0.5) is 5.69 Å². The molecule has 17 rings (SSSR count). The standard InChI is InChI=1S/C74H40N4OS2/c1-76-68-64(44-22-7-3-8-23-44)57(42-75)69(78-70-50(37-38-51-49-27-13-17-34-62(49)80-73(51)70)56-41-54(43-20-5-2-6-21-43)67-53-29-14-18-35-63(53)81-74(67)71(56)78)65(45-24-9-4-10-25-45)72(68)77-58-31-15-11-28-52(58)66-47(30-19-32-59(66)77)46-36-39-61-55(40-46)48-26-12-16-33-60(48)79-61/h2-41H. The Hall–Kier alpha value is -10.5. The van der Waals surface area contributed by atoms with Gasteiger partial charge < -0.3 is 13.6 Å².